The van der Waals surface area contributed by atoms with Crippen molar-refractivity contribution >= 4 is 5.82 Å². The van der Waals surface area contributed by atoms with Crippen LogP contribution in [0.15, 0.2) is 29.7 Å². The van der Waals surface area contributed by atoms with Crippen LogP contribution in [0.4, 0.5) is 5.82 Å². The van der Waals surface area contributed by atoms with Crippen LogP contribution >= 0.6 is 0 Å². The van der Waals surface area contributed by atoms with E-state index in [1.807, 2.05) is 0 Å². The zero-order valence-corrected chi connectivity index (χ0v) is 10.6. The van der Waals surface area contributed by atoms with Gasteiger partial charge in [0.2, 0.25) is 0 Å². The largest absolute Gasteiger partial charge is 0.393 e. The summed E-state index contributed by atoms with van der Waals surface area (Å²) in [6.07, 6.45) is 1.10. The zero-order valence-electron chi connectivity index (χ0n) is 10.6. The molecule has 1 aliphatic heterocycles. The highest BCUT2D eigenvalue weighted by atomic mass is 16.6. The van der Waals surface area contributed by atoms with Crippen LogP contribution < -0.4 is 11.4 Å². The summed E-state index contributed by atoms with van der Waals surface area (Å²) in [5.74, 6) is -0.294. The van der Waals surface area contributed by atoms with Crippen LogP contribution in [0, 0.1) is 5.92 Å². The van der Waals surface area contributed by atoms with Gasteiger partial charge in [0, 0.05) is 12.1 Å². The summed E-state index contributed by atoms with van der Waals surface area (Å²) >= 11 is 0. The SMILES string of the molecule is C=C[C@]1(CO)O[C@@H](n2ccc(N)nc2=O)[C@H](C)[C@@H]1O. The highest BCUT2D eigenvalue weighted by molar-refractivity contribution is 5.23. The van der Waals surface area contributed by atoms with Crippen molar-refractivity contribution in [3.63, 3.8) is 0 Å². The topological polar surface area (TPSA) is 111 Å². The van der Waals surface area contributed by atoms with Crippen LogP contribution in [-0.2, 0) is 4.74 Å². The Hall–Kier alpha value is -1.70. The minimum Gasteiger partial charge on any atom is -0.393 e. The average Bonchev–Trinajstić information content (AvgIpc) is 2.64. The summed E-state index contributed by atoms with van der Waals surface area (Å²) in [5.41, 5.74) is 3.58. The Balaban J connectivity index is 2.42. The van der Waals surface area contributed by atoms with E-state index in [-0.39, 0.29) is 5.82 Å². The van der Waals surface area contributed by atoms with Crippen LogP contribution in [0.5, 0.6) is 0 Å². The van der Waals surface area contributed by atoms with Gasteiger partial charge in [-0.3, -0.25) is 4.57 Å². The fourth-order valence-corrected chi connectivity index (χ4v) is 2.30. The number of hydrogen-bond acceptors (Lipinski definition) is 6. The lowest BCUT2D eigenvalue weighted by atomic mass is 9.91. The van der Waals surface area contributed by atoms with Crippen molar-refractivity contribution in [2.24, 2.45) is 5.92 Å². The van der Waals surface area contributed by atoms with E-state index in [1.165, 1.54) is 22.9 Å². The lowest BCUT2D eigenvalue weighted by molar-refractivity contribution is -0.0978. The molecule has 2 heterocycles. The molecule has 1 fully saturated rings. The summed E-state index contributed by atoms with van der Waals surface area (Å²) < 4.78 is 6.88. The van der Waals surface area contributed by atoms with Crippen LogP contribution in [0.1, 0.15) is 13.2 Å². The maximum atomic E-state index is 11.8. The van der Waals surface area contributed by atoms with E-state index >= 15 is 0 Å². The van der Waals surface area contributed by atoms with Gasteiger partial charge in [-0.15, -0.1) is 6.58 Å². The number of nitrogens with zero attached hydrogens (tertiary/aromatic N) is 2. The number of hydrogen-bond donors (Lipinski definition) is 3. The van der Waals surface area contributed by atoms with Gasteiger partial charge in [-0.1, -0.05) is 13.0 Å². The summed E-state index contributed by atoms with van der Waals surface area (Å²) in [6.45, 7) is 4.87. The van der Waals surface area contributed by atoms with Gasteiger partial charge in [-0.05, 0) is 6.07 Å². The summed E-state index contributed by atoms with van der Waals surface area (Å²) in [6, 6.07) is 1.47. The second kappa shape index (κ2) is 4.76. The van der Waals surface area contributed by atoms with Crippen molar-refractivity contribution in [1.29, 1.82) is 0 Å². The molecule has 1 saturated heterocycles. The van der Waals surface area contributed by atoms with Crippen molar-refractivity contribution in [1.82, 2.24) is 9.55 Å². The van der Waals surface area contributed by atoms with Gasteiger partial charge in [0.25, 0.3) is 0 Å². The molecule has 0 unspecified atom stereocenters. The Morgan fingerprint density at radius 2 is 2.42 bits per heavy atom. The molecule has 0 bridgehead atoms. The van der Waals surface area contributed by atoms with E-state index in [9.17, 15) is 15.0 Å². The fourth-order valence-electron chi connectivity index (χ4n) is 2.30. The third-order valence-corrected chi connectivity index (χ3v) is 3.51. The molecule has 1 aliphatic rings. The lowest BCUT2D eigenvalue weighted by Gasteiger charge is -2.26. The summed E-state index contributed by atoms with van der Waals surface area (Å²) in [7, 11) is 0. The van der Waals surface area contributed by atoms with E-state index in [1.54, 1.807) is 6.92 Å². The van der Waals surface area contributed by atoms with Crippen molar-refractivity contribution < 1.29 is 14.9 Å². The van der Waals surface area contributed by atoms with E-state index in [0.717, 1.165) is 0 Å². The van der Waals surface area contributed by atoms with Crippen LogP contribution in [0.3, 0.4) is 0 Å². The molecule has 4 atom stereocenters. The van der Waals surface area contributed by atoms with Gasteiger partial charge in [0.1, 0.15) is 17.6 Å². The molecule has 1 aromatic heterocycles. The first-order valence-corrected chi connectivity index (χ1v) is 5.90. The molecule has 4 N–H and O–H groups in total. The van der Waals surface area contributed by atoms with Crippen LogP contribution in [0.2, 0.25) is 0 Å². The molecular weight excluding hydrogens is 250 g/mol. The Bertz CT molecular complexity index is 544. The molecule has 19 heavy (non-hydrogen) atoms. The lowest BCUT2D eigenvalue weighted by Crippen LogP contribution is -2.42. The molecule has 1 aromatic rings. The molecule has 0 aromatic carbocycles. The Morgan fingerprint density at radius 1 is 1.74 bits per heavy atom. The number of nitrogen functional groups attached to an aromatic ring is 1. The zero-order chi connectivity index (χ0) is 14.2. The molecule has 0 spiro atoms. The number of ether oxygens (including phenoxy) is 1. The molecule has 2 rings (SSSR count). The molecule has 0 radical (unpaired) electrons. The third kappa shape index (κ3) is 2.05. The third-order valence-electron chi connectivity index (χ3n) is 3.51. The Labute approximate surface area is 110 Å². The van der Waals surface area contributed by atoms with E-state index < -0.39 is 36.1 Å². The first-order valence-electron chi connectivity index (χ1n) is 5.90. The van der Waals surface area contributed by atoms with Gasteiger partial charge in [-0.25, -0.2) is 4.79 Å². The Kier molecular flexibility index (Phi) is 3.44. The van der Waals surface area contributed by atoms with Gasteiger partial charge in [0.05, 0.1) is 12.7 Å². The molecule has 0 amide bonds. The number of nitrogens with two attached hydrogens (primary N) is 1. The van der Waals surface area contributed by atoms with Crippen molar-refractivity contribution in [2.75, 3.05) is 12.3 Å². The molecule has 7 nitrogen and oxygen atoms in total. The highest BCUT2D eigenvalue weighted by Gasteiger charge is 2.51. The quantitative estimate of drug-likeness (QED) is 0.623. The number of aliphatic hydroxyl groups is 2. The summed E-state index contributed by atoms with van der Waals surface area (Å²) in [4.78, 5) is 15.4. The predicted octanol–water partition coefficient (Wildman–Crippen LogP) is -0.732. The molecule has 0 saturated carbocycles. The standard InChI is InChI=1S/C12H17N3O4/c1-3-12(6-16)9(17)7(2)10(19-12)15-5-4-8(13)14-11(15)18/h3-5,7,9-10,16-17H,1,6H2,2H3,(H2,13,14,18)/t7-,9+,10-,12-/m1/s1. The number of anilines is 1. The van der Waals surface area contributed by atoms with Crippen LogP contribution in [0.25, 0.3) is 0 Å². The van der Waals surface area contributed by atoms with Crippen molar-refractivity contribution in [3.8, 4) is 0 Å². The molecular formula is C12H17N3O4. The maximum Gasteiger partial charge on any atom is 0.351 e. The van der Waals surface area contributed by atoms with E-state index in [2.05, 4.69) is 11.6 Å². The number of rotatable bonds is 3. The van der Waals surface area contributed by atoms with E-state index in [4.69, 9.17) is 10.5 Å². The highest BCUT2D eigenvalue weighted by Crippen LogP contribution is 2.41. The van der Waals surface area contributed by atoms with Gasteiger partial charge in [0.15, 0.2) is 0 Å². The van der Waals surface area contributed by atoms with E-state index in [0.29, 0.717) is 0 Å². The van der Waals surface area contributed by atoms with Crippen molar-refractivity contribution in [2.45, 2.75) is 24.9 Å². The Morgan fingerprint density at radius 3 is 2.89 bits per heavy atom. The molecule has 104 valence electrons. The normalized spacial score (nSPS) is 34.4. The first-order chi connectivity index (χ1) is 8.95. The smallest absolute Gasteiger partial charge is 0.351 e. The maximum absolute atomic E-state index is 11.8. The second-order valence-electron chi connectivity index (χ2n) is 4.67. The monoisotopic (exact) mass is 267 g/mol. The van der Waals surface area contributed by atoms with Gasteiger partial charge in [-0.2, -0.15) is 4.98 Å². The predicted molar refractivity (Wildman–Crippen MR) is 68.2 cm³/mol. The fraction of sp³-hybridized carbons (Fsp3) is 0.500. The molecule has 0 aliphatic carbocycles. The summed E-state index contributed by atoms with van der Waals surface area (Å²) in [5, 5.41) is 19.6. The van der Waals surface area contributed by atoms with Gasteiger partial charge >= 0.3 is 5.69 Å². The first kappa shape index (κ1) is 13.7. The minimum absolute atomic E-state index is 0.115. The van der Waals surface area contributed by atoms with Crippen LogP contribution in [-0.4, -0.2) is 38.1 Å². The van der Waals surface area contributed by atoms with Gasteiger partial charge < -0.3 is 20.7 Å². The van der Waals surface area contributed by atoms with Crippen molar-refractivity contribution in [3.05, 3.63) is 35.4 Å². The number of aromatic nitrogens is 2. The molecule has 7 heteroatoms. The second-order valence-corrected chi connectivity index (χ2v) is 4.67. The minimum atomic E-state index is -1.27. The number of aliphatic hydroxyl groups excluding tert-OH is 2. The average molecular weight is 267 g/mol.